The number of nitrogens with one attached hydrogen (secondary N) is 1. The smallest absolute Gasteiger partial charge is 0.244 e. The highest BCUT2D eigenvalue weighted by atomic mass is 16.5. The molecule has 4 nitrogen and oxygen atoms in total. The zero-order valence-corrected chi connectivity index (χ0v) is 13.1. The Morgan fingerprint density at radius 3 is 2.35 bits per heavy atom. The summed E-state index contributed by atoms with van der Waals surface area (Å²) < 4.78 is 5.74. The molecule has 1 heterocycles. The minimum atomic E-state index is -0.256. The van der Waals surface area contributed by atoms with Gasteiger partial charge in [0.15, 0.2) is 0 Å². The number of nitrogens with zero attached hydrogens (tertiary/aromatic N) is 1. The van der Waals surface area contributed by atoms with Crippen molar-refractivity contribution in [2.45, 2.75) is 76.1 Å². The number of carbonyl (C=O) groups is 1. The molecule has 0 radical (unpaired) electrons. The molecular weight excluding hydrogens is 252 g/mol. The summed E-state index contributed by atoms with van der Waals surface area (Å²) in [6.45, 7) is 5.16. The van der Waals surface area contributed by atoms with Crippen LogP contribution < -0.4 is 5.32 Å². The van der Waals surface area contributed by atoms with Crippen LogP contribution in [0.5, 0.6) is 0 Å². The maximum atomic E-state index is 13.0. The second-order valence-electron chi connectivity index (χ2n) is 7.30. The first-order valence-electron chi connectivity index (χ1n) is 8.16. The molecule has 20 heavy (non-hydrogen) atoms. The lowest BCUT2D eigenvalue weighted by molar-refractivity contribution is -0.143. The molecule has 1 aliphatic heterocycles. The van der Waals surface area contributed by atoms with Crippen molar-refractivity contribution in [1.82, 2.24) is 10.2 Å². The lowest BCUT2D eigenvalue weighted by atomic mass is 9.79. The van der Waals surface area contributed by atoms with Crippen LogP contribution >= 0.6 is 0 Å². The van der Waals surface area contributed by atoms with Gasteiger partial charge in [0.05, 0.1) is 23.9 Å². The average Bonchev–Trinajstić information content (AvgIpc) is 2.94. The Hall–Kier alpha value is -0.610. The fourth-order valence-electron chi connectivity index (χ4n) is 4.17. The lowest BCUT2D eigenvalue weighted by Crippen LogP contribution is -2.54. The van der Waals surface area contributed by atoms with E-state index in [2.05, 4.69) is 24.1 Å². The van der Waals surface area contributed by atoms with Gasteiger partial charge in [-0.2, -0.15) is 0 Å². The third kappa shape index (κ3) is 2.08. The molecule has 1 amide bonds. The van der Waals surface area contributed by atoms with Gasteiger partial charge < -0.3 is 9.64 Å². The van der Waals surface area contributed by atoms with Crippen molar-refractivity contribution in [3.05, 3.63) is 0 Å². The van der Waals surface area contributed by atoms with E-state index in [-0.39, 0.29) is 17.3 Å². The number of rotatable bonds is 4. The van der Waals surface area contributed by atoms with E-state index in [0.29, 0.717) is 11.8 Å². The molecule has 3 rings (SSSR count). The summed E-state index contributed by atoms with van der Waals surface area (Å²) in [5, 5.41) is 3.68. The van der Waals surface area contributed by atoms with Gasteiger partial charge >= 0.3 is 0 Å². The summed E-state index contributed by atoms with van der Waals surface area (Å²) in [5.41, 5.74) is -0.331. The van der Waals surface area contributed by atoms with Crippen LogP contribution in [0.3, 0.4) is 0 Å². The van der Waals surface area contributed by atoms with Crippen LogP contribution in [-0.4, -0.2) is 41.8 Å². The van der Waals surface area contributed by atoms with Gasteiger partial charge in [0, 0.05) is 7.11 Å². The number of hydrogen-bond donors (Lipinski definition) is 1. The van der Waals surface area contributed by atoms with Crippen LogP contribution in [0.2, 0.25) is 0 Å². The SMILES string of the molecule is COC1(CN2C(=O)C3(CCCC3)NC2C(C)C)CCC1. The summed E-state index contributed by atoms with van der Waals surface area (Å²) in [6, 6.07) is 0. The largest absolute Gasteiger partial charge is 0.376 e. The lowest BCUT2D eigenvalue weighted by Gasteiger charge is -2.44. The quantitative estimate of drug-likeness (QED) is 0.859. The molecule has 4 heteroatoms. The van der Waals surface area contributed by atoms with E-state index < -0.39 is 0 Å². The Labute approximate surface area is 122 Å². The van der Waals surface area contributed by atoms with Crippen LogP contribution in [0.25, 0.3) is 0 Å². The molecule has 3 aliphatic rings. The Balaban J connectivity index is 1.81. The molecule has 0 aromatic carbocycles. The Morgan fingerprint density at radius 1 is 1.25 bits per heavy atom. The Morgan fingerprint density at radius 2 is 1.90 bits per heavy atom. The van der Waals surface area contributed by atoms with E-state index in [1.165, 1.54) is 19.3 Å². The molecule has 2 saturated carbocycles. The normalized spacial score (nSPS) is 31.3. The molecule has 114 valence electrons. The first kappa shape index (κ1) is 14.3. The second-order valence-corrected chi connectivity index (χ2v) is 7.30. The fraction of sp³-hybridized carbons (Fsp3) is 0.938. The van der Waals surface area contributed by atoms with Crippen molar-refractivity contribution >= 4 is 5.91 Å². The molecule has 1 spiro atoms. The zero-order valence-electron chi connectivity index (χ0n) is 13.1. The zero-order chi connectivity index (χ0) is 14.4. The van der Waals surface area contributed by atoms with Crippen molar-refractivity contribution in [2.24, 2.45) is 5.92 Å². The molecule has 2 aliphatic carbocycles. The van der Waals surface area contributed by atoms with Crippen molar-refractivity contribution in [2.75, 3.05) is 13.7 Å². The van der Waals surface area contributed by atoms with E-state index in [4.69, 9.17) is 4.74 Å². The topological polar surface area (TPSA) is 41.6 Å². The van der Waals surface area contributed by atoms with Crippen LogP contribution in [0.4, 0.5) is 0 Å². The molecule has 1 atom stereocenters. The summed E-state index contributed by atoms with van der Waals surface area (Å²) in [4.78, 5) is 15.1. The first-order chi connectivity index (χ1) is 9.52. The van der Waals surface area contributed by atoms with Crippen LogP contribution in [-0.2, 0) is 9.53 Å². The second kappa shape index (κ2) is 4.99. The maximum Gasteiger partial charge on any atom is 0.244 e. The third-order valence-corrected chi connectivity index (χ3v) is 5.68. The summed E-state index contributed by atoms with van der Waals surface area (Å²) in [5.74, 6) is 0.768. The molecule has 1 unspecified atom stereocenters. The molecule has 1 N–H and O–H groups in total. The number of hydrogen-bond acceptors (Lipinski definition) is 3. The van der Waals surface area contributed by atoms with Crippen molar-refractivity contribution in [1.29, 1.82) is 0 Å². The van der Waals surface area contributed by atoms with Crippen LogP contribution in [0.1, 0.15) is 58.8 Å². The van der Waals surface area contributed by atoms with Crippen molar-refractivity contribution in [3.63, 3.8) is 0 Å². The number of amides is 1. The molecule has 0 aromatic heterocycles. The van der Waals surface area contributed by atoms with Gasteiger partial charge in [-0.3, -0.25) is 10.1 Å². The highest BCUT2D eigenvalue weighted by Gasteiger charge is 2.55. The van der Waals surface area contributed by atoms with Crippen molar-refractivity contribution in [3.8, 4) is 0 Å². The third-order valence-electron chi connectivity index (χ3n) is 5.68. The average molecular weight is 280 g/mol. The molecule has 1 saturated heterocycles. The minimum absolute atomic E-state index is 0.0748. The van der Waals surface area contributed by atoms with Crippen molar-refractivity contribution < 1.29 is 9.53 Å². The van der Waals surface area contributed by atoms with E-state index in [9.17, 15) is 4.79 Å². The fourth-order valence-corrected chi connectivity index (χ4v) is 4.17. The summed E-state index contributed by atoms with van der Waals surface area (Å²) in [7, 11) is 1.79. The van der Waals surface area contributed by atoms with E-state index >= 15 is 0 Å². The summed E-state index contributed by atoms with van der Waals surface area (Å²) in [6.07, 6.45) is 7.93. The van der Waals surface area contributed by atoms with Gasteiger partial charge in [0.1, 0.15) is 0 Å². The van der Waals surface area contributed by atoms with Crippen LogP contribution in [0.15, 0.2) is 0 Å². The summed E-state index contributed by atoms with van der Waals surface area (Å²) >= 11 is 0. The van der Waals surface area contributed by atoms with Gasteiger partial charge in [0.25, 0.3) is 0 Å². The highest BCUT2D eigenvalue weighted by Crippen LogP contribution is 2.41. The first-order valence-corrected chi connectivity index (χ1v) is 8.16. The highest BCUT2D eigenvalue weighted by molar-refractivity contribution is 5.89. The molecule has 0 bridgehead atoms. The van der Waals surface area contributed by atoms with E-state index in [1.807, 2.05) is 0 Å². The predicted molar refractivity (Wildman–Crippen MR) is 78.3 cm³/mol. The van der Waals surface area contributed by atoms with Crippen LogP contribution in [0, 0.1) is 5.92 Å². The van der Waals surface area contributed by atoms with Gasteiger partial charge in [-0.25, -0.2) is 0 Å². The number of methoxy groups -OCH3 is 1. The van der Waals surface area contributed by atoms with Gasteiger partial charge in [-0.15, -0.1) is 0 Å². The van der Waals surface area contributed by atoms with E-state index in [0.717, 1.165) is 32.2 Å². The predicted octanol–water partition coefficient (Wildman–Crippen LogP) is 2.28. The van der Waals surface area contributed by atoms with E-state index in [1.54, 1.807) is 7.11 Å². The standard InChI is InChI=1S/C16H28N2O2/c1-12(2)13-17-16(9-4-5-10-16)14(19)18(13)11-15(20-3)7-6-8-15/h12-13,17H,4-11H2,1-3H3. The van der Waals surface area contributed by atoms with Gasteiger partial charge in [-0.1, -0.05) is 26.7 Å². The Kier molecular flexibility index (Phi) is 3.57. The minimum Gasteiger partial charge on any atom is -0.376 e. The number of carbonyl (C=O) groups excluding carboxylic acids is 1. The van der Waals surface area contributed by atoms with Gasteiger partial charge in [-0.05, 0) is 38.0 Å². The molecule has 3 fully saturated rings. The van der Waals surface area contributed by atoms with Gasteiger partial charge in [0.2, 0.25) is 5.91 Å². The molecule has 0 aromatic rings. The Bertz CT molecular complexity index is 378. The molecular formula is C16H28N2O2. The number of ether oxygens (including phenoxy) is 1. The maximum absolute atomic E-state index is 13.0. The monoisotopic (exact) mass is 280 g/mol.